The summed E-state index contributed by atoms with van der Waals surface area (Å²) in [5, 5.41) is 0. The molecule has 7 heteroatoms. The van der Waals surface area contributed by atoms with Crippen molar-refractivity contribution in [2.45, 2.75) is 39.3 Å². The number of aromatic nitrogens is 2. The Bertz CT molecular complexity index is 967. The molecule has 1 aromatic heterocycles. The second-order valence-electron chi connectivity index (χ2n) is 8.52. The van der Waals surface area contributed by atoms with E-state index in [1.165, 1.54) is 29.7 Å². The fraction of sp³-hybridized carbons (Fsp3) is 0.565. The summed E-state index contributed by atoms with van der Waals surface area (Å²) < 4.78 is 5.43. The van der Waals surface area contributed by atoms with Crippen LogP contribution in [0.3, 0.4) is 0 Å². The third-order valence-corrected chi connectivity index (χ3v) is 6.60. The summed E-state index contributed by atoms with van der Waals surface area (Å²) in [6.07, 6.45) is 3.16. The first-order chi connectivity index (χ1) is 14.7. The van der Waals surface area contributed by atoms with Gasteiger partial charge in [0.1, 0.15) is 0 Å². The lowest BCUT2D eigenvalue weighted by Gasteiger charge is -2.32. The normalized spacial score (nSPS) is 19.5. The topological polar surface area (TPSA) is 64.7 Å². The van der Waals surface area contributed by atoms with Crippen LogP contribution in [0.1, 0.15) is 35.7 Å². The molecule has 3 aliphatic heterocycles. The lowest BCUT2D eigenvalue weighted by atomic mass is 9.98. The van der Waals surface area contributed by atoms with Crippen molar-refractivity contribution in [1.82, 2.24) is 14.9 Å². The van der Waals surface area contributed by atoms with Crippen LogP contribution in [0.2, 0.25) is 0 Å². The number of rotatable bonds is 4. The van der Waals surface area contributed by atoms with Crippen LogP contribution in [0.15, 0.2) is 23.0 Å². The highest BCUT2D eigenvalue weighted by Gasteiger charge is 2.24. The molecule has 4 heterocycles. The van der Waals surface area contributed by atoms with Crippen LogP contribution in [0.25, 0.3) is 0 Å². The van der Waals surface area contributed by atoms with E-state index in [1.807, 2.05) is 0 Å². The number of fused-ring (bicyclic) bond motifs is 2. The van der Waals surface area contributed by atoms with Gasteiger partial charge < -0.3 is 14.5 Å². The zero-order valence-electron chi connectivity index (χ0n) is 17.8. The summed E-state index contributed by atoms with van der Waals surface area (Å²) in [5.41, 5.74) is 6.04. The van der Waals surface area contributed by atoms with Crippen LogP contribution in [0.4, 0.5) is 11.6 Å². The van der Waals surface area contributed by atoms with Crippen LogP contribution in [-0.4, -0.2) is 60.8 Å². The van der Waals surface area contributed by atoms with Gasteiger partial charge in [-0.25, -0.2) is 4.98 Å². The number of hydrogen-bond donors (Lipinski definition) is 1. The van der Waals surface area contributed by atoms with Gasteiger partial charge in [0.05, 0.1) is 18.9 Å². The van der Waals surface area contributed by atoms with Crippen molar-refractivity contribution in [3.63, 3.8) is 0 Å². The van der Waals surface area contributed by atoms with Gasteiger partial charge in [-0.3, -0.25) is 14.7 Å². The predicted molar refractivity (Wildman–Crippen MR) is 118 cm³/mol. The minimum atomic E-state index is 0.0228. The Labute approximate surface area is 177 Å². The van der Waals surface area contributed by atoms with Gasteiger partial charge in [-0.1, -0.05) is 12.1 Å². The van der Waals surface area contributed by atoms with Crippen LogP contribution in [0.5, 0.6) is 0 Å². The van der Waals surface area contributed by atoms with Gasteiger partial charge in [0.25, 0.3) is 5.56 Å². The number of morpholine rings is 1. The Morgan fingerprint density at radius 3 is 2.83 bits per heavy atom. The molecule has 1 fully saturated rings. The van der Waals surface area contributed by atoms with E-state index >= 15 is 0 Å². The minimum Gasteiger partial charge on any atom is -0.378 e. The number of nitrogens with one attached hydrogen (secondary N) is 1. The SMILES string of the molecule is CCN1CCCc2cc(CN3CCc4c(nc(N5CCOCC5)[nH]c4=O)C3)ccc21. The van der Waals surface area contributed by atoms with E-state index in [9.17, 15) is 4.79 Å². The van der Waals surface area contributed by atoms with Crippen molar-refractivity contribution in [2.24, 2.45) is 0 Å². The molecule has 5 rings (SSSR count). The number of benzene rings is 1. The molecular weight excluding hydrogens is 378 g/mol. The summed E-state index contributed by atoms with van der Waals surface area (Å²) in [5.74, 6) is 0.692. The summed E-state index contributed by atoms with van der Waals surface area (Å²) in [7, 11) is 0. The number of aromatic amines is 1. The molecule has 0 amide bonds. The average molecular weight is 410 g/mol. The van der Waals surface area contributed by atoms with Crippen LogP contribution in [0, 0.1) is 0 Å². The standard InChI is InChI=1S/C23H31N5O2/c1-2-27-8-3-4-18-14-17(5-6-21(18)27)15-26-9-7-19-20(16-26)24-23(25-22(19)29)28-10-12-30-13-11-28/h5-6,14H,2-4,7-13,15-16H2,1H3,(H,24,25,29). The van der Waals surface area contributed by atoms with Crippen LogP contribution in [-0.2, 0) is 30.7 Å². The molecule has 7 nitrogen and oxygen atoms in total. The van der Waals surface area contributed by atoms with E-state index in [2.05, 4.69) is 44.8 Å². The molecule has 0 unspecified atom stereocenters. The zero-order valence-corrected chi connectivity index (χ0v) is 17.8. The molecule has 3 aliphatic rings. The number of anilines is 2. The van der Waals surface area contributed by atoms with Crippen molar-refractivity contribution in [3.05, 3.63) is 50.9 Å². The van der Waals surface area contributed by atoms with E-state index in [1.54, 1.807) is 0 Å². The number of aryl methyl sites for hydroxylation is 1. The Morgan fingerprint density at radius 2 is 2.00 bits per heavy atom. The van der Waals surface area contributed by atoms with Crippen molar-refractivity contribution in [1.29, 1.82) is 0 Å². The first kappa shape index (κ1) is 19.6. The summed E-state index contributed by atoms with van der Waals surface area (Å²) in [4.78, 5) is 27.5. The second kappa shape index (κ2) is 8.40. The summed E-state index contributed by atoms with van der Waals surface area (Å²) in [6.45, 7) is 9.90. The molecular formula is C23H31N5O2. The van der Waals surface area contributed by atoms with E-state index in [0.717, 1.165) is 63.5 Å². The Hall–Kier alpha value is -2.38. The molecule has 0 atom stereocenters. The van der Waals surface area contributed by atoms with Crippen molar-refractivity contribution < 1.29 is 4.74 Å². The Morgan fingerprint density at radius 1 is 1.13 bits per heavy atom. The average Bonchev–Trinajstić information content (AvgIpc) is 2.79. The smallest absolute Gasteiger partial charge is 0.255 e. The van der Waals surface area contributed by atoms with E-state index in [4.69, 9.17) is 9.72 Å². The Balaban J connectivity index is 1.33. The number of H-pyrrole nitrogens is 1. The molecule has 0 saturated carbocycles. The molecule has 0 radical (unpaired) electrons. The molecule has 0 aliphatic carbocycles. The number of ether oxygens (including phenoxy) is 1. The third-order valence-electron chi connectivity index (χ3n) is 6.60. The fourth-order valence-electron chi connectivity index (χ4n) is 4.95. The van der Waals surface area contributed by atoms with Gasteiger partial charge in [0.15, 0.2) is 0 Å². The van der Waals surface area contributed by atoms with Gasteiger partial charge in [0, 0.05) is 57.1 Å². The minimum absolute atomic E-state index is 0.0228. The zero-order chi connectivity index (χ0) is 20.5. The van der Waals surface area contributed by atoms with Gasteiger partial charge in [-0.05, 0) is 43.4 Å². The molecule has 30 heavy (non-hydrogen) atoms. The molecule has 2 aromatic rings. The maximum absolute atomic E-state index is 12.6. The highest BCUT2D eigenvalue weighted by atomic mass is 16.5. The largest absolute Gasteiger partial charge is 0.378 e. The van der Waals surface area contributed by atoms with Crippen molar-refractivity contribution in [2.75, 3.05) is 55.7 Å². The summed E-state index contributed by atoms with van der Waals surface area (Å²) >= 11 is 0. The predicted octanol–water partition coefficient (Wildman–Crippen LogP) is 1.94. The molecule has 1 N–H and O–H groups in total. The molecule has 160 valence electrons. The first-order valence-corrected chi connectivity index (χ1v) is 11.2. The fourth-order valence-corrected chi connectivity index (χ4v) is 4.95. The van der Waals surface area contributed by atoms with Gasteiger partial charge >= 0.3 is 0 Å². The second-order valence-corrected chi connectivity index (χ2v) is 8.52. The van der Waals surface area contributed by atoms with Crippen LogP contribution >= 0.6 is 0 Å². The van der Waals surface area contributed by atoms with Gasteiger partial charge in [0.2, 0.25) is 5.95 Å². The maximum atomic E-state index is 12.6. The monoisotopic (exact) mass is 409 g/mol. The number of nitrogens with zero attached hydrogens (tertiary/aromatic N) is 4. The van der Waals surface area contributed by atoms with Gasteiger partial charge in [-0.2, -0.15) is 0 Å². The first-order valence-electron chi connectivity index (χ1n) is 11.2. The molecule has 1 saturated heterocycles. The quantitative estimate of drug-likeness (QED) is 0.833. The highest BCUT2D eigenvalue weighted by molar-refractivity contribution is 5.56. The van der Waals surface area contributed by atoms with E-state index < -0.39 is 0 Å². The van der Waals surface area contributed by atoms with E-state index in [-0.39, 0.29) is 5.56 Å². The van der Waals surface area contributed by atoms with Crippen molar-refractivity contribution in [3.8, 4) is 0 Å². The maximum Gasteiger partial charge on any atom is 0.255 e. The lowest BCUT2D eigenvalue weighted by Crippen LogP contribution is -2.40. The Kier molecular flexibility index (Phi) is 5.48. The molecule has 1 aromatic carbocycles. The molecule has 0 bridgehead atoms. The lowest BCUT2D eigenvalue weighted by molar-refractivity contribution is 0.122. The summed E-state index contributed by atoms with van der Waals surface area (Å²) in [6, 6.07) is 6.95. The third kappa shape index (κ3) is 3.84. The highest BCUT2D eigenvalue weighted by Crippen LogP contribution is 2.29. The number of hydrogen-bond acceptors (Lipinski definition) is 6. The molecule has 0 spiro atoms. The van der Waals surface area contributed by atoms with E-state index in [0.29, 0.717) is 19.2 Å². The van der Waals surface area contributed by atoms with Gasteiger partial charge in [-0.15, -0.1) is 0 Å². The van der Waals surface area contributed by atoms with Crippen molar-refractivity contribution >= 4 is 11.6 Å². The van der Waals surface area contributed by atoms with Crippen LogP contribution < -0.4 is 15.4 Å².